The fraction of sp³-hybridized carbons (Fsp3) is 0.286. The van der Waals surface area contributed by atoms with Crippen molar-refractivity contribution in [2.75, 3.05) is 18.4 Å². The predicted octanol–water partition coefficient (Wildman–Crippen LogP) is 3.40. The Morgan fingerprint density at radius 2 is 1.97 bits per heavy atom. The van der Waals surface area contributed by atoms with Gasteiger partial charge in [0.05, 0.1) is 17.6 Å². The smallest absolute Gasteiger partial charge is 0.319 e. The molecular weight excluding hydrogens is 371 g/mol. The van der Waals surface area contributed by atoms with Gasteiger partial charge in [-0.3, -0.25) is 15.0 Å². The number of rotatable bonds is 5. The fourth-order valence-electron chi connectivity index (χ4n) is 3.51. The van der Waals surface area contributed by atoms with Gasteiger partial charge in [0.1, 0.15) is 11.5 Å². The second kappa shape index (κ2) is 8.83. The summed E-state index contributed by atoms with van der Waals surface area (Å²) in [6, 6.07) is 12.0. The number of pyridine rings is 1. The van der Waals surface area contributed by atoms with Gasteiger partial charge in [-0.15, -0.1) is 0 Å². The highest BCUT2D eigenvalue weighted by atomic mass is 19.1. The van der Waals surface area contributed by atoms with Gasteiger partial charge >= 0.3 is 6.03 Å². The Labute approximate surface area is 168 Å². The molecule has 0 radical (unpaired) electrons. The van der Waals surface area contributed by atoms with Crippen molar-refractivity contribution in [1.82, 2.24) is 25.4 Å². The Morgan fingerprint density at radius 1 is 1.17 bits per heavy atom. The monoisotopic (exact) mass is 394 g/mol. The minimum absolute atomic E-state index is 0.115. The first-order valence-corrected chi connectivity index (χ1v) is 9.66. The molecule has 0 unspecified atom stereocenters. The van der Waals surface area contributed by atoms with Gasteiger partial charge in [-0.25, -0.2) is 9.18 Å². The van der Waals surface area contributed by atoms with E-state index in [2.05, 4.69) is 30.7 Å². The Balaban J connectivity index is 1.26. The maximum absolute atomic E-state index is 13.0. The zero-order valence-electron chi connectivity index (χ0n) is 15.9. The topological polar surface area (TPSA) is 85.9 Å². The molecule has 2 aromatic heterocycles. The molecule has 0 bridgehead atoms. The molecule has 150 valence electrons. The average molecular weight is 394 g/mol. The number of hydrogen-bond donors (Lipinski definition) is 3. The number of halogens is 1. The number of anilines is 1. The van der Waals surface area contributed by atoms with E-state index in [1.54, 1.807) is 12.4 Å². The summed E-state index contributed by atoms with van der Waals surface area (Å²) in [6.45, 7) is 2.56. The van der Waals surface area contributed by atoms with Crippen LogP contribution in [0.15, 0.2) is 54.9 Å². The standard InChI is InChI=1S/C21H23FN6O/c22-16-6-4-15(5-7-16)14-28-11-8-17(9-12-28)25-21(29)26-19-13-24-27-20(19)18-3-1-2-10-23-18/h1-7,10,13,17H,8-9,11-12,14H2,(H,24,27)(H2,25,26,29). The molecule has 0 atom stereocenters. The summed E-state index contributed by atoms with van der Waals surface area (Å²) < 4.78 is 13.0. The summed E-state index contributed by atoms with van der Waals surface area (Å²) in [5.41, 5.74) is 3.08. The molecular formula is C21H23FN6O. The SMILES string of the molecule is O=C(Nc1cn[nH]c1-c1ccccn1)NC1CCN(Cc2ccc(F)cc2)CC1. The number of carbonyl (C=O) groups excluding carboxylic acids is 1. The molecule has 1 aliphatic heterocycles. The van der Waals surface area contributed by atoms with Crippen molar-refractivity contribution < 1.29 is 9.18 Å². The van der Waals surface area contributed by atoms with Gasteiger partial charge < -0.3 is 10.6 Å². The van der Waals surface area contributed by atoms with E-state index in [-0.39, 0.29) is 17.9 Å². The third kappa shape index (κ3) is 4.97. The van der Waals surface area contributed by atoms with Crippen molar-refractivity contribution in [1.29, 1.82) is 0 Å². The summed E-state index contributed by atoms with van der Waals surface area (Å²) in [5, 5.41) is 12.8. The van der Waals surface area contributed by atoms with Gasteiger partial charge in [-0.1, -0.05) is 18.2 Å². The third-order valence-corrected chi connectivity index (χ3v) is 5.05. The van der Waals surface area contributed by atoms with Crippen molar-refractivity contribution >= 4 is 11.7 Å². The number of aromatic nitrogens is 3. The maximum atomic E-state index is 13.0. The molecule has 1 aliphatic rings. The van der Waals surface area contributed by atoms with Gasteiger partial charge in [0.2, 0.25) is 0 Å². The molecule has 7 nitrogen and oxygen atoms in total. The van der Waals surface area contributed by atoms with Crippen molar-refractivity contribution in [3.63, 3.8) is 0 Å². The molecule has 0 saturated carbocycles. The Hall–Kier alpha value is -3.26. The summed E-state index contributed by atoms with van der Waals surface area (Å²) >= 11 is 0. The molecule has 2 amide bonds. The van der Waals surface area contributed by atoms with Gasteiger partial charge in [-0.2, -0.15) is 5.10 Å². The number of carbonyl (C=O) groups is 1. The maximum Gasteiger partial charge on any atom is 0.319 e. The lowest BCUT2D eigenvalue weighted by Gasteiger charge is -2.32. The highest BCUT2D eigenvalue weighted by Crippen LogP contribution is 2.23. The molecule has 3 N–H and O–H groups in total. The first-order valence-electron chi connectivity index (χ1n) is 9.66. The molecule has 1 aromatic carbocycles. The second-order valence-electron chi connectivity index (χ2n) is 7.15. The summed E-state index contributed by atoms with van der Waals surface area (Å²) in [6.07, 6.45) is 5.01. The Bertz CT molecular complexity index is 935. The Morgan fingerprint density at radius 3 is 2.69 bits per heavy atom. The van der Waals surface area contributed by atoms with E-state index in [1.165, 1.54) is 12.1 Å². The first kappa shape index (κ1) is 19.1. The van der Waals surface area contributed by atoms with Crippen LogP contribution in [0.4, 0.5) is 14.9 Å². The van der Waals surface area contributed by atoms with Crippen LogP contribution in [0.25, 0.3) is 11.4 Å². The first-order chi connectivity index (χ1) is 14.2. The van der Waals surface area contributed by atoms with E-state index in [9.17, 15) is 9.18 Å². The quantitative estimate of drug-likeness (QED) is 0.619. The summed E-state index contributed by atoms with van der Waals surface area (Å²) in [7, 11) is 0. The molecule has 4 rings (SSSR count). The van der Waals surface area contributed by atoms with Crippen LogP contribution in [-0.2, 0) is 6.54 Å². The van der Waals surface area contributed by atoms with Gasteiger partial charge in [-0.05, 0) is 42.7 Å². The lowest BCUT2D eigenvalue weighted by Crippen LogP contribution is -2.45. The van der Waals surface area contributed by atoms with Crippen LogP contribution in [-0.4, -0.2) is 45.2 Å². The van der Waals surface area contributed by atoms with Crippen molar-refractivity contribution in [2.24, 2.45) is 0 Å². The molecule has 3 aromatic rings. The molecule has 29 heavy (non-hydrogen) atoms. The minimum atomic E-state index is -0.249. The van der Waals surface area contributed by atoms with Crippen LogP contribution in [0.2, 0.25) is 0 Å². The number of benzene rings is 1. The third-order valence-electron chi connectivity index (χ3n) is 5.05. The van der Waals surface area contributed by atoms with Crippen LogP contribution in [0, 0.1) is 5.82 Å². The predicted molar refractivity (Wildman–Crippen MR) is 109 cm³/mol. The second-order valence-corrected chi connectivity index (χ2v) is 7.15. The number of H-pyrrole nitrogens is 1. The number of piperidine rings is 1. The van der Waals surface area contributed by atoms with E-state index in [0.717, 1.165) is 43.7 Å². The molecule has 0 aliphatic carbocycles. The van der Waals surface area contributed by atoms with Crippen LogP contribution >= 0.6 is 0 Å². The van der Waals surface area contributed by atoms with Crippen molar-refractivity contribution in [2.45, 2.75) is 25.4 Å². The lowest BCUT2D eigenvalue weighted by molar-refractivity contribution is 0.190. The number of likely N-dealkylation sites (tertiary alicyclic amines) is 1. The highest BCUT2D eigenvalue weighted by Gasteiger charge is 2.21. The zero-order valence-corrected chi connectivity index (χ0v) is 15.9. The fourth-order valence-corrected chi connectivity index (χ4v) is 3.51. The largest absolute Gasteiger partial charge is 0.335 e. The van der Waals surface area contributed by atoms with Crippen molar-refractivity contribution in [3.05, 3.63) is 66.2 Å². The molecule has 1 saturated heterocycles. The van der Waals surface area contributed by atoms with E-state index >= 15 is 0 Å². The number of aromatic amines is 1. The lowest BCUT2D eigenvalue weighted by atomic mass is 10.0. The van der Waals surface area contributed by atoms with Crippen molar-refractivity contribution in [3.8, 4) is 11.4 Å². The van der Waals surface area contributed by atoms with E-state index in [0.29, 0.717) is 11.4 Å². The van der Waals surface area contributed by atoms with Crippen LogP contribution in [0.1, 0.15) is 18.4 Å². The normalized spacial score (nSPS) is 15.2. The number of nitrogens with one attached hydrogen (secondary N) is 3. The Kier molecular flexibility index (Phi) is 5.81. The number of amides is 2. The van der Waals surface area contributed by atoms with Crippen LogP contribution < -0.4 is 10.6 Å². The van der Waals surface area contributed by atoms with Crippen LogP contribution in [0.5, 0.6) is 0 Å². The van der Waals surface area contributed by atoms with E-state index in [1.807, 2.05) is 30.3 Å². The summed E-state index contributed by atoms with van der Waals surface area (Å²) in [5.74, 6) is -0.216. The molecule has 3 heterocycles. The molecule has 1 fully saturated rings. The zero-order chi connectivity index (χ0) is 20.1. The minimum Gasteiger partial charge on any atom is -0.335 e. The molecule has 8 heteroatoms. The number of urea groups is 1. The summed E-state index contributed by atoms with van der Waals surface area (Å²) in [4.78, 5) is 19.0. The van der Waals surface area contributed by atoms with E-state index in [4.69, 9.17) is 0 Å². The van der Waals surface area contributed by atoms with Gasteiger partial charge in [0.15, 0.2) is 0 Å². The number of hydrogen-bond acceptors (Lipinski definition) is 4. The molecule has 0 spiro atoms. The van der Waals surface area contributed by atoms with Gasteiger partial charge in [0, 0.05) is 31.9 Å². The van der Waals surface area contributed by atoms with Crippen LogP contribution in [0.3, 0.4) is 0 Å². The average Bonchev–Trinajstić information content (AvgIpc) is 3.20. The highest BCUT2D eigenvalue weighted by molar-refractivity contribution is 5.93. The van der Waals surface area contributed by atoms with Gasteiger partial charge in [0.25, 0.3) is 0 Å². The number of nitrogens with zero attached hydrogens (tertiary/aromatic N) is 3. The van der Waals surface area contributed by atoms with E-state index < -0.39 is 0 Å².